The van der Waals surface area contributed by atoms with Crippen molar-refractivity contribution in [1.29, 1.82) is 0 Å². The number of halogens is 1. The molecule has 0 aliphatic rings. The second-order valence-electron chi connectivity index (χ2n) is 7.75. The van der Waals surface area contributed by atoms with Crippen molar-refractivity contribution >= 4 is 28.7 Å². The van der Waals surface area contributed by atoms with Crippen molar-refractivity contribution in [2.75, 3.05) is 0 Å². The number of benzene rings is 2. The van der Waals surface area contributed by atoms with Crippen molar-refractivity contribution in [3.8, 4) is 11.1 Å². The Morgan fingerprint density at radius 3 is 2.52 bits per heavy atom. The van der Waals surface area contributed by atoms with E-state index in [2.05, 4.69) is 6.92 Å². The van der Waals surface area contributed by atoms with E-state index < -0.39 is 0 Å². The third-order valence-electron chi connectivity index (χ3n) is 5.62. The Kier molecular flexibility index (Phi) is 6.92. The van der Waals surface area contributed by atoms with E-state index in [-0.39, 0.29) is 11.5 Å². The van der Waals surface area contributed by atoms with Crippen LogP contribution in [-0.2, 0) is 11.8 Å². The van der Waals surface area contributed by atoms with Crippen LogP contribution in [0.2, 0.25) is 5.02 Å². The number of aromatic nitrogens is 1. The van der Waals surface area contributed by atoms with Gasteiger partial charge in [0.15, 0.2) is 0 Å². The predicted octanol–water partition coefficient (Wildman–Crippen LogP) is 6.42. The van der Waals surface area contributed by atoms with E-state index >= 15 is 0 Å². The van der Waals surface area contributed by atoms with Gasteiger partial charge >= 0.3 is 0 Å². The van der Waals surface area contributed by atoms with E-state index in [4.69, 9.17) is 11.6 Å². The van der Waals surface area contributed by atoms with Gasteiger partial charge in [0.1, 0.15) is 6.29 Å². The fourth-order valence-corrected chi connectivity index (χ4v) is 4.32. The number of hydrogen-bond acceptors (Lipinski definition) is 2. The molecule has 0 saturated carbocycles. The number of carbonyl (C=O) groups is 1. The molecule has 0 spiro atoms. The molecule has 3 nitrogen and oxygen atoms in total. The van der Waals surface area contributed by atoms with E-state index in [0.29, 0.717) is 10.4 Å². The summed E-state index contributed by atoms with van der Waals surface area (Å²) in [7, 11) is 1.76. The highest BCUT2D eigenvalue weighted by molar-refractivity contribution is 6.33. The number of aldehydes is 1. The van der Waals surface area contributed by atoms with Crippen LogP contribution in [0.1, 0.15) is 56.2 Å². The molecule has 0 amide bonds. The maximum Gasteiger partial charge on any atom is 0.258 e. The average Bonchev–Trinajstić information content (AvgIpc) is 2.72. The first kappa shape index (κ1) is 21.3. The standard InChI is InChI=1S/C25H28ClNO2/c1-4-5-6-7-10-18(16-28)24-23(20-11-8-9-12-22(20)26)21-15-17(2)13-14-19(21)25(29)27(24)3/h8-9,11-16,18H,4-7,10H2,1-3H3. The number of nitrogens with zero attached hydrogens (tertiary/aromatic N) is 1. The third kappa shape index (κ3) is 4.30. The molecular formula is C25H28ClNO2. The Hall–Kier alpha value is -2.39. The van der Waals surface area contributed by atoms with Gasteiger partial charge in [0.2, 0.25) is 0 Å². The maximum absolute atomic E-state index is 13.1. The topological polar surface area (TPSA) is 39.1 Å². The first-order valence-electron chi connectivity index (χ1n) is 10.3. The second kappa shape index (κ2) is 9.41. The molecule has 1 heterocycles. The summed E-state index contributed by atoms with van der Waals surface area (Å²) < 4.78 is 1.65. The molecule has 0 N–H and O–H groups in total. The number of pyridine rings is 1. The number of unbranched alkanes of at least 4 members (excludes halogenated alkanes) is 3. The van der Waals surface area contributed by atoms with E-state index in [1.807, 2.05) is 49.4 Å². The van der Waals surface area contributed by atoms with Crippen molar-refractivity contribution in [2.24, 2.45) is 7.05 Å². The van der Waals surface area contributed by atoms with Crippen LogP contribution in [0.25, 0.3) is 21.9 Å². The van der Waals surface area contributed by atoms with Crippen LogP contribution in [0.5, 0.6) is 0 Å². The number of aryl methyl sites for hydroxylation is 1. The normalized spacial score (nSPS) is 12.3. The Balaban J connectivity index is 2.31. The highest BCUT2D eigenvalue weighted by atomic mass is 35.5. The summed E-state index contributed by atoms with van der Waals surface area (Å²) >= 11 is 6.58. The van der Waals surface area contributed by atoms with Crippen LogP contribution >= 0.6 is 11.6 Å². The molecule has 1 aromatic heterocycles. The first-order chi connectivity index (χ1) is 14.0. The highest BCUT2D eigenvalue weighted by Crippen LogP contribution is 2.39. The molecule has 3 aromatic rings. The van der Waals surface area contributed by atoms with Crippen molar-refractivity contribution in [2.45, 2.75) is 51.9 Å². The Morgan fingerprint density at radius 2 is 1.83 bits per heavy atom. The predicted molar refractivity (Wildman–Crippen MR) is 122 cm³/mol. The molecule has 152 valence electrons. The zero-order valence-electron chi connectivity index (χ0n) is 17.4. The summed E-state index contributed by atoms with van der Waals surface area (Å²) in [4.78, 5) is 25.3. The quantitative estimate of drug-likeness (QED) is 0.318. The molecule has 0 aliphatic heterocycles. The summed E-state index contributed by atoms with van der Waals surface area (Å²) in [6.45, 7) is 4.18. The van der Waals surface area contributed by atoms with Gasteiger partial charge in [0, 0.05) is 34.3 Å². The molecule has 0 saturated heterocycles. The van der Waals surface area contributed by atoms with E-state index in [1.54, 1.807) is 11.6 Å². The van der Waals surface area contributed by atoms with E-state index in [1.165, 1.54) is 0 Å². The van der Waals surface area contributed by atoms with Gasteiger partial charge in [-0.05, 0) is 30.9 Å². The molecule has 4 heteroatoms. The third-order valence-corrected chi connectivity index (χ3v) is 5.95. The highest BCUT2D eigenvalue weighted by Gasteiger charge is 2.24. The molecule has 1 unspecified atom stereocenters. The average molecular weight is 410 g/mol. The fraction of sp³-hybridized carbons (Fsp3) is 0.360. The number of fused-ring (bicyclic) bond motifs is 1. The molecule has 0 aliphatic carbocycles. The fourth-order valence-electron chi connectivity index (χ4n) is 4.09. The number of hydrogen-bond donors (Lipinski definition) is 0. The molecule has 2 aromatic carbocycles. The van der Waals surface area contributed by atoms with Gasteiger partial charge in [-0.2, -0.15) is 0 Å². The van der Waals surface area contributed by atoms with Crippen LogP contribution in [-0.4, -0.2) is 10.9 Å². The molecule has 0 bridgehead atoms. The van der Waals surface area contributed by atoms with E-state index in [9.17, 15) is 9.59 Å². The largest absolute Gasteiger partial charge is 0.314 e. The summed E-state index contributed by atoms with van der Waals surface area (Å²) in [5.41, 5.74) is 3.49. The summed E-state index contributed by atoms with van der Waals surface area (Å²) in [6, 6.07) is 13.5. The second-order valence-corrected chi connectivity index (χ2v) is 8.15. The minimum atomic E-state index is -0.347. The van der Waals surface area contributed by atoms with Crippen LogP contribution in [0.15, 0.2) is 47.3 Å². The molecule has 29 heavy (non-hydrogen) atoms. The lowest BCUT2D eigenvalue weighted by Crippen LogP contribution is -2.24. The summed E-state index contributed by atoms with van der Waals surface area (Å²) in [5.74, 6) is -0.347. The van der Waals surface area contributed by atoms with E-state index in [0.717, 1.165) is 66.2 Å². The zero-order valence-corrected chi connectivity index (χ0v) is 18.1. The van der Waals surface area contributed by atoms with Gasteiger partial charge in [-0.1, -0.05) is 80.1 Å². The van der Waals surface area contributed by atoms with Crippen LogP contribution in [0.4, 0.5) is 0 Å². The lowest BCUT2D eigenvalue weighted by atomic mass is 9.88. The van der Waals surface area contributed by atoms with Crippen LogP contribution < -0.4 is 5.56 Å². The van der Waals surface area contributed by atoms with Crippen molar-refractivity contribution in [3.05, 3.63) is 69.1 Å². The van der Waals surface area contributed by atoms with Gasteiger partial charge < -0.3 is 9.36 Å². The molecular weight excluding hydrogens is 382 g/mol. The SMILES string of the molecule is CCCCCCC(C=O)c1c(-c2ccccc2Cl)c2cc(C)ccc2c(=O)n1C. The minimum Gasteiger partial charge on any atom is -0.314 e. The van der Waals surface area contributed by atoms with Gasteiger partial charge in [-0.25, -0.2) is 0 Å². The molecule has 0 radical (unpaired) electrons. The smallest absolute Gasteiger partial charge is 0.258 e. The monoisotopic (exact) mass is 409 g/mol. The lowest BCUT2D eigenvalue weighted by molar-refractivity contribution is -0.109. The lowest BCUT2D eigenvalue weighted by Gasteiger charge is -2.22. The van der Waals surface area contributed by atoms with Crippen molar-refractivity contribution in [1.82, 2.24) is 4.57 Å². The van der Waals surface area contributed by atoms with Crippen LogP contribution in [0, 0.1) is 6.92 Å². The molecule has 1 atom stereocenters. The Labute approximate surface area is 177 Å². The maximum atomic E-state index is 13.1. The minimum absolute atomic E-state index is 0.0776. The van der Waals surface area contributed by atoms with Gasteiger partial charge in [-0.15, -0.1) is 0 Å². The Bertz CT molecular complexity index is 1080. The molecule has 3 rings (SSSR count). The Morgan fingerprint density at radius 1 is 1.07 bits per heavy atom. The number of carbonyl (C=O) groups excluding carboxylic acids is 1. The van der Waals surface area contributed by atoms with Gasteiger partial charge in [0.25, 0.3) is 5.56 Å². The first-order valence-corrected chi connectivity index (χ1v) is 10.7. The summed E-state index contributed by atoms with van der Waals surface area (Å²) in [6.07, 6.45) is 6.06. The van der Waals surface area contributed by atoms with Gasteiger partial charge in [0.05, 0.1) is 5.92 Å². The summed E-state index contributed by atoms with van der Waals surface area (Å²) in [5, 5.41) is 2.12. The number of rotatable bonds is 8. The van der Waals surface area contributed by atoms with Gasteiger partial charge in [-0.3, -0.25) is 4.79 Å². The molecule has 0 fully saturated rings. The van der Waals surface area contributed by atoms with Crippen molar-refractivity contribution in [3.63, 3.8) is 0 Å². The van der Waals surface area contributed by atoms with Crippen LogP contribution in [0.3, 0.4) is 0 Å². The van der Waals surface area contributed by atoms with Crippen molar-refractivity contribution < 1.29 is 4.79 Å². The zero-order chi connectivity index (χ0) is 21.0.